The predicted molar refractivity (Wildman–Crippen MR) is 69.4 cm³/mol. The van der Waals surface area contributed by atoms with E-state index in [-0.39, 0.29) is 13.2 Å². The van der Waals surface area contributed by atoms with Crippen molar-refractivity contribution in [3.05, 3.63) is 47.7 Å². The Morgan fingerprint density at radius 3 is 2.95 bits per heavy atom. The third-order valence-electron chi connectivity index (χ3n) is 3.15. The van der Waals surface area contributed by atoms with Crippen molar-refractivity contribution in [2.45, 2.75) is 19.6 Å². The van der Waals surface area contributed by atoms with E-state index in [1.807, 2.05) is 30.3 Å². The lowest BCUT2D eigenvalue weighted by atomic mass is 10.2. The maximum Gasteiger partial charge on any atom is 0.407 e. The standard InChI is InChI=1S/C14H14N2O4/c17-14(18)16-7-6-12-11(8-16)15-13(20-12)9-19-10-4-2-1-3-5-10/h1-5H,6-9H2,(H,17,18). The smallest absolute Gasteiger partial charge is 0.407 e. The quantitative estimate of drug-likeness (QED) is 0.929. The molecule has 0 aliphatic carbocycles. The molecule has 1 aliphatic heterocycles. The minimum Gasteiger partial charge on any atom is -0.484 e. The van der Waals surface area contributed by atoms with Gasteiger partial charge in [-0.05, 0) is 12.1 Å². The zero-order chi connectivity index (χ0) is 13.9. The fourth-order valence-corrected chi connectivity index (χ4v) is 2.14. The first-order valence-corrected chi connectivity index (χ1v) is 6.35. The minimum absolute atomic E-state index is 0.240. The van der Waals surface area contributed by atoms with Gasteiger partial charge in [-0.15, -0.1) is 0 Å². The molecule has 0 atom stereocenters. The number of nitrogens with zero attached hydrogens (tertiary/aromatic N) is 2. The molecule has 0 unspecified atom stereocenters. The van der Waals surface area contributed by atoms with E-state index in [1.165, 1.54) is 4.90 Å². The topological polar surface area (TPSA) is 75.8 Å². The summed E-state index contributed by atoms with van der Waals surface area (Å²) in [6, 6.07) is 9.41. The van der Waals surface area contributed by atoms with Crippen molar-refractivity contribution in [2.24, 2.45) is 0 Å². The molecule has 0 saturated heterocycles. The first-order chi connectivity index (χ1) is 9.72. The highest BCUT2D eigenvalue weighted by Gasteiger charge is 2.25. The average molecular weight is 274 g/mol. The van der Waals surface area contributed by atoms with Gasteiger partial charge in [0.2, 0.25) is 5.89 Å². The number of carboxylic acid groups (broad SMARTS) is 1. The Morgan fingerprint density at radius 1 is 1.40 bits per heavy atom. The van der Waals surface area contributed by atoms with Gasteiger partial charge in [0.15, 0.2) is 6.61 Å². The number of para-hydroxylation sites is 1. The van der Waals surface area contributed by atoms with Crippen LogP contribution in [0.2, 0.25) is 0 Å². The second kappa shape index (κ2) is 5.24. The number of hydrogen-bond acceptors (Lipinski definition) is 4. The van der Waals surface area contributed by atoms with Crippen LogP contribution in [0, 0.1) is 0 Å². The van der Waals surface area contributed by atoms with Crippen LogP contribution in [0.4, 0.5) is 4.79 Å². The lowest BCUT2D eigenvalue weighted by Crippen LogP contribution is -2.34. The number of carbonyl (C=O) groups is 1. The molecular weight excluding hydrogens is 260 g/mol. The molecule has 2 aromatic rings. The maximum atomic E-state index is 10.9. The summed E-state index contributed by atoms with van der Waals surface area (Å²) < 4.78 is 11.2. The van der Waals surface area contributed by atoms with E-state index in [4.69, 9.17) is 14.3 Å². The summed E-state index contributed by atoms with van der Waals surface area (Å²) in [5.41, 5.74) is 0.685. The van der Waals surface area contributed by atoms with Crippen LogP contribution in [-0.2, 0) is 19.6 Å². The van der Waals surface area contributed by atoms with E-state index < -0.39 is 6.09 Å². The van der Waals surface area contributed by atoms with Gasteiger partial charge in [-0.1, -0.05) is 18.2 Å². The van der Waals surface area contributed by atoms with Crippen molar-refractivity contribution in [3.63, 3.8) is 0 Å². The van der Waals surface area contributed by atoms with E-state index in [0.29, 0.717) is 24.6 Å². The number of oxazole rings is 1. The first-order valence-electron chi connectivity index (χ1n) is 6.35. The molecule has 6 nitrogen and oxygen atoms in total. The van der Waals surface area contributed by atoms with Crippen LogP contribution in [0.3, 0.4) is 0 Å². The number of rotatable bonds is 3. The third-order valence-corrected chi connectivity index (χ3v) is 3.15. The van der Waals surface area contributed by atoms with Crippen LogP contribution >= 0.6 is 0 Å². The number of amides is 1. The molecule has 104 valence electrons. The Morgan fingerprint density at radius 2 is 2.20 bits per heavy atom. The van der Waals surface area contributed by atoms with Crippen molar-refractivity contribution in [2.75, 3.05) is 6.54 Å². The SMILES string of the molecule is O=C(O)N1CCc2oc(COc3ccccc3)nc2C1. The van der Waals surface area contributed by atoms with Crippen molar-refractivity contribution < 1.29 is 19.1 Å². The van der Waals surface area contributed by atoms with Gasteiger partial charge in [0.05, 0.1) is 6.54 Å². The van der Waals surface area contributed by atoms with Crippen molar-refractivity contribution in [1.29, 1.82) is 0 Å². The van der Waals surface area contributed by atoms with E-state index >= 15 is 0 Å². The molecule has 0 fully saturated rings. The van der Waals surface area contributed by atoms with Crippen molar-refractivity contribution >= 4 is 6.09 Å². The molecule has 1 N–H and O–H groups in total. The third kappa shape index (κ3) is 2.59. The fraction of sp³-hybridized carbons (Fsp3) is 0.286. The summed E-state index contributed by atoms with van der Waals surface area (Å²) in [6.45, 7) is 0.958. The molecule has 20 heavy (non-hydrogen) atoms. The van der Waals surface area contributed by atoms with E-state index in [9.17, 15) is 4.79 Å². The van der Waals surface area contributed by atoms with Crippen LogP contribution in [0.25, 0.3) is 0 Å². The monoisotopic (exact) mass is 274 g/mol. The Kier molecular flexibility index (Phi) is 3.28. The van der Waals surface area contributed by atoms with Gasteiger partial charge in [-0.2, -0.15) is 0 Å². The zero-order valence-electron chi connectivity index (χ0n) is 10.8. The normalized spacial score (nSPS) is 13.9. The summed E-state index contributed by atoms with van der Waals surface area (Å²) in [5.74, 6) is 1.98. The molecule has 1 aromatic heterocycles. The summed E-state index contributed by atoms with van der Waals surface area (Å²) in [7, 11) is 0. The molecule has 1 aromatic carbocycles. The summed E-state index contributed by atoms with van der Waals surface area (Å²) in [5, 5.41) is 8.97. The summed E-state index contributed by atoms with van der Waals surface area (Å²) >= 11 is 0. The summed E-state index contributed by atoms with van der Waals surface area (Å²) in [4.78, 5) is 16.6. The number of ether oxygens (including phenoxy) is 1. The number of hydrogen-bond donors (Lipinski definition) is 1. The van der Waals surface area contributed by atoms with Crippen LogP contribution in [-0.4, -0.2) is 27.6 Å². The van der Waals surface area contributed by atoms with Gasteiger partial charge in [-0.25, -0.2) is 9.78 Å². The number of benzene rings is 1. The van der Waals surface area contributed by atoms with E-state index in [1.54, 1.807) is 0 Å². The van der Waals surface area contributed by atoms with Gasteiger partial charge in [0.25, 0.3) is 0 Å². The molecule has 0 saturated carbocycles. The van der Waals surface area contributed by atoms with E-state index in [0.717, 1.165) is 11.5 Å². The molecule has 0 spiro atoms. The van der Waals surface area contributed by atoms with Gasteiger partial charge in [0, 0.05) is 13.0 Å². The van der Waals surface area contributed by atoms with E-state index in [2.05, 4.69) is 4.98 Å². The Hall–Kier alpha value is -2.50. The molecule has 1 amide bonds. The lowest BCUT2D eigenvalue weighted by Gasteiger charge is -2.21. The predicted octanol–water partition coefficient (Wildman–Crippen LogP) is 2.29. The molecule has 0 radical (unpaired) electrons. The first kappa shape index (κ1) is 12.5. The summed E-state index contributed by atoms with van der Waals surface area (Å²) in [6.07, 6.45) is -0.374. The maximum absolute atomic E-state index is 10.9. The molecule has 6 heteroatoms. The largest absolute Gasteiger partial charge is 0.484 e. The highest BCUT2D eigenvalue weighted by atomic mass is 16.5. The van der Waals surface area contributed by atoms with Gasteiger partial charge < -0.3 is 19.2 Å². The van der Waals surface area contributed by atoms with Gasteiger partial charge >= 0.3 is 6.09 Å². The highest BCUT2D eigenvalue weighted by molar-refractivity contribution is 5.65. The van der Waals surface area contributed by atoms with Crippen LogP contribution in [0.1, 0.15) is 17.3 Å². The Balaban J connectivity index is 1.67. The van der Waals surface area contributed by atoms with Crippen LogP contribution in [0.15, 0.2) is 34.7 Å². The van der Waals surface area contributed by atoms with Crippen LogP contribution < -0.4 is 4.74 Å². The molecule has 3 rings (SSSR count). The second-order valence-corrected chi connectivity index (χ2v) is 4.53. The van der Waals surface area contributed by atoms with Crippen LogP contribution in [0.5, 0.6) is 5.75 Å². The average Bonchev–Trinajstić information content (AvgIpc) is 2.88. The zero-order valence-corrected chi connectivity index (χ0v) is 10.8. The lowest BCUT2D eigenvalue weighted by molar-refractivity contribution is 0.137. The Labute approximate surface area is 115 Å². The van der Waals surface area contributed by atoms with Gasteiger partial charge in [0.1, 0.15) is 17.2 Å². The Bertz CT molecular complexity index is 609. The number of aromatic nitrogens is 1. The number of fused-ring (bicyclic) bond motifs is 1. The van der Waals surface area contributed by atoms with Crippen molar-refractivity contribution in [3.8, 4) is 5.75 Å². The van der Waals surface area contributed by atoms with Gasteiger partial charge in [-0.3, -0.25) is 0 Å². The fourth-order valence-electron chi connectivity index (χ4n) is 2.14. The van der Waals surface area contributed by atoms with Crippen molar-refractivity contribution in [1.82, 2.24) is 9.88 Å². The second-order valence-electron chi connectivity index (χ2n) is 4.53. The minimum atomic E-state index is -0.930. The molecule has 2 heterocycles. The molecule has 0 bridgehead atoms. The highest BCUT2D eigenvalue weighted by Crippen LogP contribution is 2.21. The molecule has 1 aliphatic rings. The molecular formula is C14H14N2O4.